The van der Waals surface area contributed by atoms with Crippen molar-refractivity contribution in [3.63, 3.8) is 0 Å². The van der Waals surface area contributed by atoms with Crippen LogP contribution in [-0.2, 0) is 0 Å². The van der Waals surface area contributed by atoms with Gasteiger partial charge in [0.15, 0.2) is 0 Å². The summed E-state index contributed by atoms with van der Waals surface area (Å²) >= 11 is 6.19. The molecule has 0 atom stereocenters. The molecule has 1 fully saturated rings. The van der Waals surface area contributed by atoms with Gasteiger partial charge in [0.25, 0.3) is 0 Å². The summed E-state index contributed by atoms with van der Waals surface area (Å²) in [5.74, 6) is 0. The van der Waals surface area contributed by atoms with E-state index in [1.165, 1.54) is 49.3 Å². The fraction of sp³-hybridized carbons (Fsp3) is 0.750. The van der Waals surface area contributed by atoms with Gasteiger partial charge >= 0.3 is 0 Å². The van der Waals surface area contributed by atoms with Crippen molar-refractivity contribution in [2.24, 2.45) is 0 Å². The Balaban J connectivity index is 0. The van der Waals surface area contributed by atoms with E-state index >= 15 is 0 Å². The van der Waals surface area contributed by atoms with Crippen molar-refractivity contribution in [2.75, 3.05) is 0 Å². The number of nitriles is 2. The first kappa shape index (κ1) is 14.2. The third kappa shape index (κ3) is 22.6. The summed E-state index contributed by atoms with van der Waals surface area (Å²) in [7, 11) is 0. The summed E-state index contributed by atoms with van der Waals surface area (Å²) in [4.78, 5) is 0. The van der Waals surface area contributed by atoms with Crippen LogP contribution in [0.15, 0.2) is 0 Å². The van der Waals surface area contributed by atoms with Crippen LogP contribution in [0.5, 0.6) is 0 Å². The van der Waals surface area contributed by atoms with Crippen molar-refractivity contribution >= 4 is 25.3 Å². The maximum absolute atomic E-state index is 7.18. The quantitative estimate of drug-likeness (QED) is 0.468. The largest absolute Gasteiger partial charge is 0.185 e. The van der Waals surface area contributed by atoms with Gasteiger partial charge in [-0.3, -0.25) is 0 Å². The van der Waals surface area contributed by atoms with Gasteiger partial charge in [-0.1, -0.05) is 63.8 Å². The maximum Gasteiger partial charge on any atom is 0.130 e. The minimum Gasteiger partial charge on any atom is -0.185 e. The van der Waals surface area contributed by atoms with Crippen LogP contribution >= 0.6 is 25.3 Å². The van der Waals surface area contributed by atoms with Gasteiger partial charge in [-0.25, -0.2) is 0 Å². The predicted molar refractivity (Wildman–Crippen MR) is 56.9 cm³/mol. The number of thiol groups is 2. The van der Waals surface area contributed by atoms with Gasteiger partial charge in [-0.15, -0.1) is 0 Å². The van der Waals surface area contributed by atoms with Crippen molar-refractivity contribution in [1.82, 2.24) is 0 Å². The molecule has 0 spiro atoms. The zero-order chi connectivity index (χ0) is 9.66. The van der Waals surface area contributed by atoms with Gasteiger partial charge in [0, 0.05) is 0 Å². The molecule has 0 saturated heterocycles. The topological polar surface area (TPSA) is 47.6 Å². The lowest BCUT2D eigenvalue weighted by molar-refractivity contribution is 0.504. The summed E-state index contributed by atoms with van der Waals surface area (Å²) in [6.45, 7) is 0. The van der Waals surface area contributed by atoms with Crippen LogP contribution < -0.4 is 0 Å². The SMILES string of the molecule is C1CCCCC1.N#CS.N#CS. The summed E-state index contributed by atoms with van der Waals surface area (Å²) in [6, 6.07) is 0. The van der Waals surface area contributed by atoms with E-state index in [0.29, 0.717) is 0 Å². The van der Waals surface area contributed by atoms with Crippen LogP contribution in [-0.4, -0.2) is 0 Å². The van der Waals surface area contributed by atoms with Crippen molar-refractivity contribution < 1.29 is 0 Å². The molecule has 0 aromatic heterocycles. The van der Waals surface area contributed by atoms with E-state index in [0.717, 1.165) is 0 Å². The highest BCUT2D eigenvalue weighted by atomic mass is 32.1. The minimum atomic E-state index is 1.44. The zero-order valence-corrected chi connectivity index (χ0v) is 8.82. The first-order chi connectivity index (χ1) is 5.83. The van der Waals surface area contributed by atoms with Crippen molar-refractivity contribution in [3.8, 4) is 10.8 Å². The average molecular weight is 202 g/mol. The van der Waals surface area contributed by atoms with E-state index in [9.17, 15) is 0 Å². The monoisotopic (exact) mass is 202 g/mol. The van der Waals surface area contributed by atoms with E-state index < -0.39 is 0 Å². The normalized spacial score (nSPS) is 13.3. The Labute approximate surface area is 85.4 Å². The highest BCUT2D eigenvalue weighted by Crippen LogP contribution is 2.15. The second-order valence-corrected chi connectivity index (χ2v) is 2.72. The number of thiocyanates is 2. The summed E-state index contributed by atoms with van der Waals surface area (Å²) < 4.78 is 0. The first-order valence-corrected chi connectivity index (χ1v) is 4.79. The van der Waals surface area contributed by atoms with E-state index in [2.05, 4.69) is 25.3 Å². The molecule has 0 N–H and O–H groups in total. The molecule has 0 heterocycles. The third-order valence-electron chi connectivity index (χ3n) is 1.50. The van der Waals surface area contributed by atoms with Crippen molar-refractivity contribution in [3.05, 3.63) is 0 Å². The summed E-state index contributed by atoms with van der Waals surface area (Å²) in [6.07, 6.45) is 9.00. The van der Waals surface area contributed by atoms with Gasteiger partial charge in [0.05, 0.1) is 0 Å². The Hall–Kier alpha value is -0.320. The smallest absolute Gasteiger partial charge is 0.130 e. The van der Waals surface area contributed by atoms with Crippen LogP contribution in [0.2, 0.25) is 0 Å². The number of hydrogen-bond donors (Lipinski definition) is 2. The van der Waals surface area contributed by atoms with Gasteiger partial charge in [0.2, 0.25) is 0 Å². The molecule has 1 aliphatic rings. The molecular weight excluding hydrogens is 188 g/mol. The van der Waals surface area contributed by atoms with Gasteiger partial charge in [0.1, 0.15) is 10.8 Å². The predicted octanol–water partition coefficient (Wildman–Crippen LogP) is 3.14. The molecule has 1 aliphatic carbocycles. The number of nitrogens with zero attached hydrogens (tertiary/aromatic N) is 2. The second kappa shape index (κ2) is 17.0. The molecule has 12 heavy (non-hydrogen) atoms. The van der Waals surface area contributed by atoms with Crippen LogP contribution in [0, 0.1) is 21.3 Å². The molecule has 1 rings (SSSR count). The Bertz CT molecular complexity index is 119. The van der Waals surface area contributed by atoms with E-state index in [4.69, 9.17) is 10.5 Å². The molecule has 0 amide bonds. The molecule has 0 bridgehead atoms. The lowest BCUT2D eigenvalue weighted by Crippen LogP contribution is -1.85. The fourth-order valence-electron chi connectivity index (χ4n) is 1.06. The second-order valence-electron chi connectivity index (χ2n) is 2.32. The Morgan fingerprint density at radius 2 is 0.750 bits per heavy atom. The first-order valence-electron chi connectivity index (χ1n) is 3.89. The van der Waals surface area contributed by atoms with E-state index in [1.54, 1.807) is 0 Å². The summed E-state index contributed by atoms with van der Waals surface area (Å²) in [5, 5.41) is 17.3. The van der Waals surface area contributed by atoms with Crippen molar-refractivity contribution in [1.29, 1.82) is 10.5 Å². The molecule has 68 valence electrons. The Morgan fingerprint density at radius 3 is 0.833 bits per heavy atom. The molecule has 0 unspecified atom stereocenters. The number of rotatable bonds is 0. The van der Waals surface area contributed by atoms with E-state index in [-0.39, 0.29) is 0 Å². The summed E-state index contributed by atoms with van der Waals surface area (Å²) in [5.41, 5.74) is 0. The Morgan fingerprint density at radius 1 is 0.667 bits per heavy atom. The molecule has 0 aliphatic heterocycles. The highest BCUT2D eigenvalue weighted by Gasteiger charge is 1.95. The third-order valence-corrected chi connectivity index (χ3v) is 1.50. The molecule has 1 saturated carbocycles. The van der Waals surface area contributed by atoms with Crippen LogP contribution in [0.3, 0.4) is 0 Å². The average Bonchev–Trinajstić information content (AvgIpc) is 2.10. The van der Waals surface area contributed by atoms with Gasteiger partial charge in [-0.05, 0) is 0 Å². The van der Waals surface area contributed by atoms with Crippen LogP contribution in [0.1, 0.15) is 38.5 Å². The molecule has 0 radical (unpaired) electrons. The molecular formula is C8H14N2S2. The fourth-order valence-corrected chi connectivity index (χ4v) is 1.06. The van der Waals surface area contributed by atoms with Crippen LogP contribution in [0.25, 0.3) is 0 Å². The lowest BCUT2D eigenvalue weighted by Gasteiger charge is -2.05. The van der Waals surface area contributed by atoms with Crippen molar-refractivity contribution in [2.45, 2.75) is 38.5 Å². The molecule has 0 aromatic carbocycles. The maximum atomic E-state index is 7.18. The lowest BCUT2D eigenvalue weighted by atomic mass is 10.0. The molecule has 2 nitrogen and oxygen atoms in total. The highest BCUT2D eigenvalue weighted by molar-refractivity contribution is 7.85. The number of hydrogen-bond acceptors (Lipinski definition) is 4. The van der Waals surface area contributed by atoms with Gasteiger partial charge in [-0.2, -0.15) is 10.5 Å². The molecule has 4 heteroatoms. The van der Waals surface area contributed by atoms with Gasteiger partial charge < -0.3 is 0 Å². The zero-order valence-electron chi connectivity index (χ0n) is 7.03. The Kier molecular flexibility index (Phi) is 20.1. The van der Waals surface area contributed by atoms with E-state index in [1.807, 2.05) is 0 Å². The standard InChI is InChI=1S/C6H12.2CHNS/c1-2-4-6-5-3-1;2*2-1-3/h1-6H2;2*3H. The molecule has 0 aromatic rings. The van der Waals surface area contributed by atoms with Crippen LogP contribution in [0.4, 0.5) is 0 Å². The minimum absolute atomic E-state index is 1.44.